The Morgan fingerprint density at radius 1 is 1.55 bits per heavy atom. The third-order valence-corrected chi connectivity index (χ3v) is 2.29. The summed E-state index contributed by atoms with van der Waals surface area (Å²) in [5, 5.41) is 7.87. The van der Waals surface area contributed by atoms with E-state index in [9.17, 15) is 8.42 Å². The van der Waals surface area contributed by atoms with Crippen LogP contribution in [-0.4, -0.2) is 27.5 Å². The molecular weight excluding hydrogens is 166 g/mol. The highest BCUT2D eigenvalue weighted by Crippen LogP contribution is 2.00. The number of rotatable bonds is 2. The maximum atomic E-state index is 10.5. The van der Waals surface area contributed by atoms with E-state index in [-0.39, 0.29) is 6.04 Å². The van der Waals surface area contributed by atoms with Crippen molar-refractivity contribution >= 4 is 10.2 Å². The fourth-order valence-electron chi connectivity index (χ4n) is 1.18. The molecule has 0 saturated carbocycles. The highest BCUT2D eigenvalue weighted by Gasteiger charge is 2.16. The van der Waals surface area contributed by atoms with E-state index in [1.165, 1.54) is 0 Å². The lowest BCUT2D eigenvalue weighted by Gasteiger charge is -2.22. The number of hydrogen-bond acceptors (Lipinski definition) is 3. The molecule has 1 saturated heterocycles. The summed E-state index contributed by atoms with van der Waals surface area (Å²) in [4.78, 5) is 0. The van der Waals surface area contributed by atoms with Crippen LogP contribution >= 0.6 is 0 Å². The van der Waals surface area contributed by atoms with Gasteiger partial charge in [-0.2, -0.15) is 13.1 Å². The zero-order chi connectivity index (χ0) is 8.32. The first-order valence-corrected chi connectivity index (χ1v) is 5.13. The predicted octanol–water partition coefficient (Wildman–Crippen LogP) is -1.47. The van der Waals surface area contributed by atoms with Gasteiger partial charge in [-0.25, -0.2) is 5.14 Å². The van der Waals surface area contributed by atoms with Crippen LogP contribution in [0.25, 0.3) is 0 Å². The smallest absolute Gasteiger partial charge is 0.274 e. The molecule has 0 amide bonds. The van der Waals surface area contributed by atoms with E-state index in [0.29, 0.717) is 6.54 Å². The Labute approximate surface area is 66.5 Å². The van der Waals surface area contributed by atoms with Crippen molar-refractivity contribution in [3.05, 3.63) is 0 Å². The molecule has 4 N–H and O–H groups in total. The van der Waals surface area contributed by atoms with Gasteiger partial charge in [-0.15, -0.1) is 0 Å². The first kappa shape index (κ1) is 8.92. The first-order chi connectivity index (χ1) is 5.08. The van der Waals surface area contributed by atoms with Crippen molar-refractivity contribution in [2.24, 2.45) is 5.14 Å². The summed E-state index contributed by atoms with van der Waals surface area (Å²) in [5.74, 6) is 0. The van der Waals surface area contributed by atoms with Gasteiger partial charge < -0.3 is 5.32 Å². The Balaban J connectivity index is 2.36. The lowest BCUT2D eigenvalue weighted by Crippen LogP contribution is -2.47. The molecule has 11 heavy (non-hydrogen) atoms. The van der Waals surface area contributed by atoms with Gasteiger partial charge in [0.1, 0.15) is 0 Å². The van der Waals surface area contributed by atoms with Gasteiger partial charge >= 0.3 is 0 Å². The number of hydrogen-bond donors (Lipinski definition) is 3. The molecule has 66 valence electrons. The van der Waals surface area contributed by atoms with E-state index >= 15 is 0 Å². The first-order valence-electron chi connectivity index (χ1n) is 3.59. The molecule has 0 aromatic heterocycles. The Kier molecular flexibility index (Phi) is 2.83. The molecule has 5 nitrogen and oxygen atoms in total. The molecule has 6 heteroatoms. The van der Waals surface area contributed by atoms with Gasteiger partial charge in [0.15, 0.2) is 0 Å². The Morgan fingerprint density at radius 3 is 2.73 bits per heavy atom. The van der Waals surface area contributed by atoms with Crippen LogP contribution < -0.4 is 15.2 Å². The second-order valence-electron chi connectivity index (χ2n) is 2.71. The van der Waals surface area contributed by atoms with Crippen LogP contribution in [-0.2, 0) is 10.2 Å². The second kappa shape index (κ2) is 3.48. The summed E-state index contributed by atoms with van der Waals surface area (Å²) in [6, 6.07) is -0.0289. The normalized spacial score (nSPS) is 26.8. The minimum absolute atomic E-state index is 0.0289. The summed E-state index contributed by atoms with van der Waals surface area (Å²) in [5.41, 5.74) is 0. The molecular formula is C5H13N3O2S. The molecule has 0 aromatic rings. The zero-order valence-electron chi connectivity index (χ0n) is 6.21. The maximum Gasteiger partial charge on any atom is 0.274 e. The molecule has 0 aliphatic carbocycles. The molecule has 0 bridgehead atoms. The SMILES string of the molecule is NS(=O)(=O)NC1CCCNC1. The highest BCUT2D eigenvalue weighted by atomic mass is 32.2. The second-order valence-corrected chi connectivity index (χ2v) is 4.03. The van der Waals surface area contributed by atoms with Crippen molar-refractivity contribution in [3.8, 4) is 0 Å². The van der Waals surface area contributed by atoms with Crippen LogP contribution in [0.4, 0.5) is 0 Å². The minimum Gasteiger partial charge on any atom is -0.315 e. The highest BCUT2D eigenvalue weighted by molar-refractivity contribution is 7.87. The van der Waals surface area contributed by atoms with Gasteiger partial charge in [-0.3, -0.25) is 0 Å². The van der Waals surface area contributed by atoms with Crippen LogP contribution in [0.1, 0.15) is 12.8 Å². The van der Waals surface area contributed by atoms with Gasteiger partial charge in [-0.05, 0) is 19.4 Å². The lowest BCUT2D eigenvalue weighted by atomic mass is 10.1. The van der Waals surface area contributed by atoms with E-state index in [1.807, 2.05) is 0 Å². The molecule has 1 rings (SSSR count). The van der Waals surface area contributed by atoms with Gasteiger partial charge in [0.05, 0.1) is 0 Å². The van der Waals surface area contributed by atoms with Gasteiger partial charge in [0.25, 0.3) is 10.2 Å². The van der Waals surface area contributed by atoms with E-state index < -0.39 is 10.2 Å². The molecule has 1 unspecified atom stereocenters. The van der Waals surface area contributed by atoms with E-state index in [0.717, 1.165) is 19.4 Å². The van der Waals surface area contributed by atoms with Crippen molar-refractivity contribution < 1.29 is 8.42 Å². The summed E-state index contributed by atoms with van der Waals surface area (Å²) in [7, 11) is -3.51. The molecule has 1 atom stereocenters. The third kappa shape index (κ3) is 3.66. The average molecular weight is 179 g/mol. The van der Waals surface area contributed by atoms with Crippen LogP contribution in [0.2, 0.25) is 0 Å². The number of nitrogens with two attached hydrogens (primary N) is 1. The van der Waals surface area contributed by atoms with Crippen molar-refractivity contribution in [1.82, 2.24) is 10.0 Å². The van der Waals surface area contributed by atoms with Crippen molar-refractivity contribution in [2.45, 2.75) is 18.9 Å². The van der Waals surface area contributed by atoms with Gasteiger partial charge in [-0.1, -0.05) is 0 Å². The van der Waals surface area contributed by atoms with Gasteiger partial charge in [0.2, 0.25) is 0 Å². The third-order valence-electron chi connectivity index (χ3n) is 1.63. The van der Waals surface area contributed by atoms with Crippen molar-refractivity contribution in [3.63, 3.8) is 0 Å². The zero-order valence-corrected chi connectivity index (χ0v) is 7.02. The summed E-state index contributed by atoms with van der Waals surface area (Å²) < 4.78 is 23.4. The summed E-state index contributed by atoms with van der Waals surface area (Å²) >= 11 is 0. The molecule has 0 spiro atoms. The van der Waals surface area contributed by atoms with E-state index in [1.54, 1.807) is 0 Å². The molecule has 1 aliphatic rings. The fraction of sp³-hybridized carbons (Fsp3) is 1.00. The Morgan fingerprint density at radius 2 is 2.27 bits per heavy atom. The minimum atomic E-state index is -3.51. The quantitative estimate of drug-likeness (QED) is 0.484. The van der Waals surface area contributed by atoms with E-state index in [4.69, 9.17) is 5.14 Å². The Bertz CT molecular complexity index is 208. The van der Waals surface area contributed by atoms with E-state index in [2.05, 4.69) is 10.0 Å². The van der Waals surface area contributed by atoms with Crippen LogP contribution in [0.3, 0.4) is 0 Å². The largest absolute Gasteiger partial charge is 0.315 e. The standard InChI is InChI=1S/C5H13N3O2S/c6-11(9,10)8-5-2-1-3-7-4-5/h5,7-8H,1-4H2,(H2,6,9,10). The number of piperidine rings is 1. The average Bonchev–Trinajstić information content (AvgIpc) is 1.85. The predicted molar refractivity (Wildman–Crippen MR) is 42.1 cm³/mol. The lowest BCUT2D eigenvalue weighted by molar-refractivity contribution is 0.429. The Hall–Kier alpha value is -0.170. The maximum absolute atomic E-state index is 10.5. The number of nitrogens with one attached hydrogen (secondary N) is 2. The van der Waals surface area contributed by atoms with Crippen molar-refractivity contribution in [2.75, 3.05) is 13.1 Å². The fourth-order valence-corrected chi connectivity index (χ4v) is 1.85. The monoisotopic (exact) mass is 179 g/mol. The molecule has 1 heterocycles. The summed E-state index contributed by atoms with van der Waals surface area (Å²) in [6.07, 6.45) is 1.86. The summed E-state index contributed by atoms with van der Waals surface area (Å²) in [6.45, 7) is 1.64. The van der Waals surface area contributed by atoms with Crippen LogP contribution in [0, 0.1) is 0 Å². The van der Waals surface area contributed by atoms with Crippen molar-refractivity contribution in [1.29, 1.82) is 0 Å². The van der Waals surface area contributed by atoms with Crippen LogP contribution in [0.15, 0.2) is 0 Å². The van der Waals surface area contributed by atoms with Gasteiger partial charge in [0, 0.05) is 12.6 Å². The molecule has 0 radical (unpaired) electrons. The molecule has 1 aliphatic heterocycles. The molecule has 1 fully saturated rings. The molecule has 0 aromatic carbocycles. The topological polar surface area (TPSA) is 84.2 Å². The van der Waals surface area contributed by atoms with Crippen LogP contribution in [0.5, 0.6) is 0 Å².